The first-order valence-corrected chi connectivity index (χ1v) is 9.04. The maximum atomic E-state index is 6.24. The third kappa shape index (κ3) is 3.27. The van der Waals surface area contributed by atoms with Crippen LogP contribution in [0.4, 0.5) is 6.01 Å². The first kappa shape index (κ1) is 15.1. The summed E-state index contributed by atoms with van der Waals surface area (Å²) in [6, 6.07) is 4.96. The van der Waals surface area contributed by atoms with Gasteiger partial charge in [0.2, 0.25) is 5.89 Å². The lowest BCUT2D eigenvalue weighted by atomic mass is 9.91. The van der Waals surface area contributed by atoms with Crippen LogP contribution in [0, 0.1) is 6.92 Å². The van der Waals surface area contributed by atoms with Crippen LogP contribution in [0.5, 0.6) is 0 Å². The lowest BCUT2D eigenvalue weighted by Gasteiger charge is -2.47. The van der Waals surface area contributed by atoms with Crippen LogP contribution in [-0.2, 0) is 11.3 Å². The van der Waals surface area contributed by atoms with Gasteiger partial charge in [-0.15, -0.1) is 16.4 Å². The van der Waals surface area contributed by atoms with E-state index in [4.69, 9.17) is 9.15 Å². The molecule has 0 N–H and O–H groups in total. The van der Waals surface area contributed by atoms with Crippen molar-refractivity contribution in [2.75, 3.05) is 37.7 Å². The predicted molar refractivity (Wildman–Crippen MR) is 88.8 cm³/mol. The van der Waals surface area contributed by atoms with E-state index in [2.05, 4.69) is 37.5 Å². The molecule has 23 heavy (non-hydrogen) atoms. The molecular weight excluding hydrogens is 312 g/mol. The molecule has 0 amide bonds. The molecule has 4 heterocycles. The van der Waals surface area contributed by atoms with Gasteiger partial charge in [-0.3, -0.25) is 4.90 Å². The van der Waals surface area contributed by atoms with Crippen molar-refractivity contribution in [1.29, 1.82) is 0 Å². The van der Waals surface area contributed by atoms with Gasteiger partial charge in [0.25, 0.3) is 0 Å². The highest BCUT2D eigenvalue weighted by molar-refractivity contribution is 7.09. The van der Waals surface area contributed by atoms with E-state index in [1.165, 1.54) is 4.88 Å². The number of ether oxygens (including phenoxy) is 1. The molecule has 1 unspecified atom stereocenters. The van der Waals surface area contributed by atoms with Crippen LogP contribution in [0.15, 0.2) is 21.9 Å². The highest BCUT2D eigenvalue weighted by Crippen LogP contribution is 2.32. The Morgan fingerprint density at radius 3 is 3.04 bits per heavy atom. The Kier molecular flexibility index (Phi) is 4.09. The van der Waals surface area contributed by atoms with E-state index in [0.717, 1.165) is 52.2 Å². The number of aryl methyl sites for hydroxylation is 1. The number of rotatable bonds is 3. The van der Waals surface area contributed by atoms with Crippen molar-refractivity contribution in [1.82, 2.24) is 15.1 Å². The van der Waals surface area contributed by atoms with Gasteiger partial charge >= 0.3 is 6.01 Å². The van der Waals surface area contributed by atoms with E-state index >= 15 is 0 Å². The molecule has 4 rings (SSSR count). The molecule has 2 aromatic rings. The van der Waals surface area contributed by atoms with E-state index in [1.54, 1.807) is 0 Å². The largest absolute Gasteiger partial charge is 0.408 e. The molecule has 1 atom stereocenters. The topological polar surface area (TPSA) is 54.6 Å². The van der Waals surface area contributed by atoms with Crippen LogP contribution >= 0.6 is 11.3 Å². The number of morpholine rings is 1. The monoisotopic (exact) mass is 334 g/mol. The predicted octanol–water partition coefficient (Wildman–Crippen LogP) is 2.31. The minimum atomic E-state index is -0.115. The fraction of sp³-hybridized carbons (Fsp3) is 0.625. The third-order valence-electron chi connectivity index (χ3n) is 4.61. The molecule has 0 aliphatic carbocycles. The average Bonchev–Trinajstić information content (AvgIpc) is 3.19. The fourth-order valence-corrected chi connectivity index (χ4v) is 4.35. The highest BCUT2D eigenvalue weighted by atomic mass is 32.1. The molecule has 7 heteroatoms. The van der Waals surface area contributed by atoms with Crippen molar-refractivity contribution in [2.24, 2.45) is 0 Å². The molecule has 2 aliphatic rings. The van der Waals surface area contributed by atoms with Gasteiger partial charge in [0.15, 0.2) is 0 Å². The zero-order valence-electron chi connectivity index (χ0n) is 13.4. The SMILES string of the molecule is Cc1nnc(N2CCCC3(CN(Cc4cccs4)CCO3)C2)o1. The number of hydrogen-bond donors (Lipinski definition) is 0. The summed E-state index contributed by atoms with van der Waals surface area (Å²) in [5.74, 6) is 0.614. The second kappa shape index (κ2) is 6.22. The highest BCUT2D eigenvalue weighted by Gasteiger charge is 2.41. The molecule has 124 valence electrons. The van der Waals surface area contributed by atoms with Crippen molar-refractivity contribution >= 4 is 17.4 Å². The minimum Gasteiger partial charge on any atom is -0.408 e. The third-order valence-corrected chi connectivity index (χ3v) is 5.47. The number of thiophene rings is 1. The summed E-state index contributed by atoms with van der Waals surface area (Å²) < 4.78 is 11.8. The van der Waals surface area contributed by atoms with Crippen molar-refractivity contribution in [2.45, 2.75) is 31.9 Å². The van der Waals surface area contributed by atoms with Crippen LogP contribution in [0.2, 0.25) is 0 Å². The van der Waals surface area contributed by atoms with Crippen molar-refractivity contribution in [3.05, 3.63) is 28.3 Å². The Labute approximate surface area is 140 Å². The molecule has 2 aromatic heterocycles. The molecule has 2 saturated heterocycles. The van der Waals surface area contributed by atoms with Crippen LogP contribution in [0.1, 0.15) is 23.6 Å². The number of nitrogens with zero attached hydrogens (tertiary/aromatic N) is 4. The van der Waals surface area contributed by atoms with Crippen LogP contribution in [0.3, 0.4) is 0 Å². The number of anilines is 1. The van der Waals surface area contributed by atoms with Crippen molar-refractivity contribution in [3.8, 4) is 0 Å². The maximum absolute atomic E-state index is 6.24. The Morgan fingerprint density at radius 2 is 2.26 bits per heavy atom. The Hall–Kier alpha value is -1.44. The zero-order chi connectivity index (χ0) is 15.7. The molecule has 0 radical (unpaired) electrons. The first-order valence-electron chi connectivity index (χ1n) is 8.16. The van der Waals surface area contributed by atoms with Crippen LogP contribution < -0.4 is 4.90 Å². The summed E-state index contributed by atoms with van der Waals surface area (Å²) in [4.78, 5) is 6.11. The van der Waals surface area contributed by atoms with Crippen molar-refractivity contribution < 1.29 is 9.15 Å². The van der Waals surface area contributed by atoms with Crippen LogP contribution in [-0.4, -0.2) is 53.5 Å². The van der Waals surface area contributed by atoms with Crippen molar-refractivity contribution in [3.63, 3.8) is 0 Å². The standard InChI is InChI=1S/C16H22N4O2S/c1-13-17-18-15(22-13)20-6-3-5-16(12-20)11-19(7-8-21-16)10-14-4-2-9-23-14/h2,4,9H,3,5-8,10-12H2,1H3. The molecule has 2 aliphatic heterocycles. The van der Waals surface area contributed by atoms with E-state index < -0.39 is 0 Å². The van der Waals surface area contributed by atoms with Gasteiger partial charge in [-0.1, -0.05) is 11.2 Å². The molecular formula is C16H22N4O2S. The molecule has 6 nitrogen and oxygen atoms in total. The van der Waals surface area contributed by atoms with Gasteiger partial charge in [0.05, 0.1) is 18.8 Å². The lowest BCUT2D eigenvalue weighted by Crippen LogP contribution is -2.59. The summed E-state index contributed by atoms with van der Waals surface area (Å²) in [5, 5.41) is 10.3. The van der Waals surface area contributed by atoms with E-state index in [0.29, 0.717) is 11.9 Å². The summed E-state index contributed by atoms with van der Waals surface area (Å²) in [7, 11) is 0. The first-order chi connectivity index (χ1) is 11.2. The van der Waals surface area contributed by atoms with Gasteiger partial charge in [-0.2, -0.15) is 0 Å². The second-order valence-corrected chi connectivity index (χ2v) is 7.48. The smallest absolute Gasteiger partial charge is 0.318 e. The number of aromatic nitrogens is 2. The molecule has 2 fully saturated rings. The van der Waals surface area contributed by atoms with Gasteiger partial charge in [-0.25, -0.2) is 0 Å². The van der Waals surface area contributed by atoms with E-state index in [9.17, 15) is 0 Å². The average molecular weight is 334 g/mol. The summed E-state index contributed by atoms with van der Waals surface area (Å²) in [5.41, 5.74) is -0.115. The maximum Gasteiger partial charge on any atom is 0.318 e. The molecule has 0 saturated carbocycles. The Bertz CT molecular complexity index is 640. The quantitative estimate of drug-likeness (QED) is 0.858. The Morgan fingerprint density at radius 1 is 1.30 bits per heavy atom. The fourth-order valence-electron chi connectivity index (χ4n) is 3.60. The normalized spacial score (nSPS) is 26.0. The summed E-state index contributed by atoms with van der Waals surface area (Å²) in [6.45, 7) is 7.39. The van der Waals surface area contributed by atoms with Gasteiger partial charge in [0.1, 0.15) is 0 Å². The lowest BCUT2D eigenvalue weighted by molar-refractivity contribution is -0.116. The van der Waals surface area contributed by atoms with E-state index in [1.807, 2.05) is 18.3 Å². The molecule has 1 spiro atoms. The number of hydrogen-bond acceptors (Lipinski definition) is 7. The Balaban J connectivity index is 1.46. The van der Waals surface area contributed by atoms with Crippen LogP contribution in [0.25, 0.3) is 0 Å². The zero-order valence-corrected chi connectivity index (χ0v) is 14.2. The van der Waals surface area contributed by atoms with Gasteiger partial charge in [-0.05, 0) is 24.3 Å². The van der Waals surface area contributed by atoms with Gasteiger partial charge in [0, 0.05) is 38.0 Å². The van der Waals surface area contributed by atoms with Gasteiger partial charge < -0.3 is 14.1 Å². The summed E-state index contributed by atoms with van der Waals surface area (Å²) >= 11 is 1.83. The molecule has 0 bridgehead atoms. The second-order valence-electron chi connectivity index (χ2n) is 6.45. The number of piperidine rings is 1. The minimum absolute atomic E-state index is 0.115. The summed E-state index contributed by atoms with van der Waals surface area (Å²) in [6.07, 6.45) is 2.19. The van der Waals surface area contributed by atoms with E-state index in [-0.39, 0.29) is 5.60 Å². The molecule has 0 aromatic carbocycles.